The van der Waals surface area contributed by atoms with Crippen LogP contribution in [0.25, 0.3) is 33.2 Å². The molecule has 0 fully saturated rings. The first-order valence-corrected chi connectivity index (χ1v) is 7.75. The minimum absolute atomic E-state index is 0.0273. The van der Waals surface area contributed by atoms with Gasteiger partial charge in [-0.2, -0.15) is 5.10 Å². The highest BCUT2D eigenvalue weighted by Crippen LogP contribution is 2.26. The maximum absolute atomic E-state index is 11.0. The number of aliphatic carboxylic acids is 1. The zero-order valence-electron chi connectivity index (χ0n) is 13.1. The normalized spacial score (nSPS) is 11.0. The van der Waals surface area contributed by atoms with E-state index in [0.717, 1.165) is 22.2 Å². The first-order valence-electron chi connectivity index (χ1n) is 7.75. The quantitative estimate of drug-likeness (QED) is 0.613. The van der Waals surface area contributed by atoms with Gasteiger partial charge in [-0.05, 0) is 24.3 Å². The van der Waals surface area contributed by atoms with E-state index < -0.39 is 5.97 Å². The molecule has 7 heteroatoms. The summed E-state index contributed by atoms with van der Waals surface area (Å²) in [5.41, 5.74) is 4.14. The number of carbonyl (C=O) groups is 1. The van der Waals surface area contributed by atoms with Crippen molar-refractivity contribution in [1.82, 2.24) is 25.1 Å². The van der Waals surface area contributed by atoms with Crippen LogP contribution >= 0.6 is 0 Å². The number of carboxylic acids is 1. The molecule has 0 aliphatic rings. The molecule has 0 saturated carbocycles. The maximum Gasteiger partial charge on any atom is 0.303 e. The molecule has 0 bridgehead atoms. The largest absolute Gasteiger partial charge is 0.481 e. The first-order chi connectivity index (χ1) is 12.2. The van der Waals surface area contributed by atoms with Crippen molar-refractivity contribution in [2.75, 3.05) is 0 Å². The van der Waals surface area contributed by atoms with Crippen LogP contribution in [-0.2, 0) is 11.2 Å². The van der Waals surface area contributed by atoms with Crippen molar-refractivity contribution in [1.29, 1.82) is 0 Å². The molecule has 3 aromatic heterocycles. The number of pyridine rings is 1. The van der Waals surface area contributed by atoms with Crippen LogP contribution in [0.5, 0.6) is 0 Å². The first kappa shape index (κ1) is 15.1. The van der Waals surface area contributed by atoms with Crippen molar-refractivity contribution >= 4 is 27.9 Å². The molecule has 0 aliphatic heterocycles. The summed E-state index contributed by atoms with van der Waals surface area (Å²) in [6, 6.07) is 11.3. The Labute approximate surface area is 142 Å². The maximum atomic E-state index is 11.0. The van der Waals surface area contributed by atoms with Crippen LogP contribution in [0.15, 0.2) is 48.9 Å². The van der Waals surface area contributed by atoms with E-state index in [-0.39, 0.29) is 12.8 Å². The molecule has 0 atom stereocenters. The van der Waals surface area contributed by atoms with Crippen LogP contribution in [0, 0.1) is 0 Å². The molecule has 122 valence electrons. The van der Waals surface area contributed by atoms with E-state index in [2.05, 4.69) is 25.1 Å². The summed E-state index contributed by atoms with van der Waals surface area (Å²) in [6.07, 6.45) is 3.43. The van der Waals surface area contributed by atoms with E-state index in [4.69, 9.17) is 5.11 Å². The fourth-order valence-electron chi connectivity index (χ4n) is 2.74. The predicted octanol–water partition coefficient (Wildman–Crippen LogP) is 2.65. The highest BCUT2D eigenvalue weighted by molar-refractivity contribution is 6.01. The topological polar surface area (TPSA) is 102 Å². The number of rotatable bonds is 4. The average Bonchev–Trinajstić information content (AvgIpc) is 3.02. The van der Waals surface area contributed by atoms with Crippen molar-refractivity contribution in [2.45, 2.75) is 12.8 Å². The summed E-state index contributed by atoms with van der Waals surface area (Å²) in [4.78, 5) is 23.8. The van der Waals surface area contributed by atoms with Crippen molar-refractivity contribution < 1.29 is 9.90 Å². The van der Waals surface area contributed by atoms with Gasteiger partial charge >= 0.3 is 5.97 Å². The van der Waals surface area contributed by atoms with Gasteiger partial charge in [0.05, 0.1) is 23.3 Å². The fourth-order valence-corrected chi connectivity index (χ4v) is 2.74. The predicted molar refractivity (Wildman–Crippen MR) is 91.8 cm³/mol. The smallest absolute Gasteiger partial charge is 0.303 e. The van der Waals surface area contributed by atoms with E-state index in [0.29, 0.717) is 16.7 Å². The number of hydrogen-bond acceptors (Lipinski definition) is 6. The summed E-state index contributed by atoms with van der Waals surface area (Å²) in [5.74, 6) is -0.880. The molecule has 1 aromatic carbocycles. The molecule has 0 unspecified atom stereocenters. The third-order valence-electron chi connectivity index (χ3n) is 3.94. The minimum atomic E-state index is -0.880. The standard InChI is InChI=1S/C18H13N5O2/c24-16(25)7-6-14-12(13-3-1-2-8-19-13)9-11-4-5-15-18(21-10-20-15)17(11)23-22-14/h1-5,8-10H,6-7H2,(H,24,25). The third kappa shape index (κ3) is 2.87. The lowest BCUT2D eigenvalue weighted by Gasteiger charge is -2.03. The summed E-state index contributed by atoms with van der Waals surface area (Å²) < 4.78 is 0. The van der Waals surface area contributed by atoms with Gasteiger partial charge in [0.1, 0.15) is 17.4 Å². The Morgan fingerprint density at radius 2 is 1.92 bits per heavy atom. The molecule has 7 nitrogen and oxygen atoms in total. The molecule has 4 aromatic rings. The van der Waals surface area contributed by atoms with E-state index in [1.165, 1.54) is 6.33 Å². The molecule has 3 heterocycles. The van der Waals surface area contributed by atoms with Gasteiger partial charge in [-0.25, -0.2) is 9.97 Å². The minimum Gasteiger partial charge on any atom is -0.481 e. The van der Waals surface area contributed by atoms with E-state index in [1.54, 1.807) is 6.20 Å². The van der Waals surface area contributed by atoms with Gasteiger partial charge in [-0.3, -0.25) is 9.78 Å². The SMILES string of the molecule is O=C(O)CCc1nnc2c(ccc3ncnc32)cc1-c1ccccn1. The number of carboxylic acid groups (broad SMARTS) is 1. The fraction of sp³-hybridized carbons (Fsp3) is 0.111. The molecule has 0 radical (unpaired) electrons. The van der Waals surface area contributed by atoms with Crippen LogP contribution in [-0.4, -0.2) is 36.2 Å². The van der Waals surface area contributed by atoms with Crippen molar-refractivity contribution in [2.24, 2.45) is 0 Å². The van der Waals surface area contributed by atoms with Crippen molar-refractivity contribution in [3.63, 3.8) is 0 Å². The van der Waals surface area contributed by atoms with Gasteiger partial charge in [0.25, 0.3) is 0 Å². The number of aromatic nitrogens is 5. The van der Waals surface area contributed by atoms with Gasteiger partial charge in [-0.1, -0.05) is 12.1 Å². The van der Waals surface area contributed by atoms with Crippen LogP contribution in [0.4, 0.5) is 0 Å². The molecule has 25 heavy (non-hydrogen) atoms. The number of benzene rings is 1. The Morgan fingerprint density at radius 1 is 1.00 bits per heavy atom. The van der Waals surface area contributed by atoms with Gasteiger partial charge < -0.3 is 5.11 Å². The molecule has 0 saturated heterocycles. The molecule has 1 N–H and O–H groups in total. The summed E-state index contributed by atoms with van der Waals surface area (Å²) in [6.45, 7) is 0. The second-order valence-corrected chi connectivity index (χ2v) is 5.56. The number of fused-ring (bicyclic) bond motifs is 3. The van der Waals surface area contributed by atoms with Gasteiger partial charge in [0.2, 0.25) is 0 Å². The zero-order chi connectivity index (χ0) is 17.2. The van der Waals surface area contributed by atoms with Gasteiger partial charge in [0, 0.05) is 23.6 Å². The highest BCUT2D eigenvalue weighted by Gasteiger charge is 2.12. The Bertz CT molecular complexity index is 1080. The van der Waals surface area contributed by atoms with E-state index >= 15 is 0 Å². The summed E-state index contributed by atoms with van der Waals surface area (Å²) in [5, 5.41) is 18.5. The molecule has 0 aliphatic carbocycles. The lowest BCUT2D eigenvalue weighted by atomic mass is 10.1. The second kappa shape index (κ2) is 6.20. The van der Waals surface area contributed by atoms with Crippen molar-refractivity contribution in [3.8, 4) is 11.3 Å². The van der Waals surface area contributed by atoms with E-state index in [1.807, 2.05) is 36.4 Å². The number of aryl methyl sites for hydroxylation is 1. The number of nitrogens with zero attached hydrogens (tertiary/aromatic N) is 5. The van der Waals surface area contributed by atoms with Crippen molar-refractivity contribution in [3.05, 3.63) is 54.6 Å². The van der Waals surface area contributed by atoms with Crippen LogP contribution in [0.2, 0.25) is 0 Å². The molecule has 0 spiro atoms. The highest BCUT2D eigenvalue weighted by atomic mass is 16.4. The Balaban J connectivity index is 1.99. The Hall–Kier alpha value is -3.48. The van der Waals surface area contributed by atoms with Gasteiger partial charge in [0.15, 0.2) is 0 Å². The van der Waals surface area contributed by atoms with E-state index in [9.17, 15) is 4.79 Å². The summed E-state index contributed by atoms with van der Waals surface area (Å²) in [7, 11) is 0. The monoisotopic (exact) mass is 331 g/mol. The second-order valence-electron chi connectivity index (χ2n) is 5.56. The third-order valence-corrected chi connectivity index (χ3v) is 3.94. The molecular formula is C18H13N5O2. The molecule has 0 amide bonds. The average molecular weight is 331 g/mol. The van der Waals surface area contributed by atoms with Crippen LogP contribution < -0.4 is 0 Å². The molecular weight excluding hydrogens is 318 g/mol. The van der Waals surface area contributed by atoms with Crippen LogP contribution in [0.3, 0.4) is 0 Å². The van der Waals surface area contributed by atoms with Crippen LogP contribution in [0.1, 0.15) is 12.1 Å². The number of imidazole rings is 1. The lowest BCUT2D eigenvalue weighted by molar-refractivity contribution is -0.136. The van der Waals surface area contributed by atoms with Gasteiger partial charge in [-0.15, -0.1) is 5.10 Å². The summed E-state index contributed by atoms with van der Waals surface area (Å²) >= 11 is 0. The zero-order valence-corrected chi connectivity index (χ0v) is 13.1. The number of hydrogen-bond donors (Lipinski definition) is 1. The Kier molecular flexibility index (Phi) is 3.74. The molecule has 4 rings (SSSR count). The Morgan fingerprint density at radius 3 is 2.72 bits per heavy atom. The lowest BCUT2D eigenvalue weighted by Crippen LogP contribution is -2.01.